The summed E-state index contributed by atoms with van der Waals surface area (Å²) < 4.78 is 23.5. The van der Waals surface area contributed by atoms with E-state index in [9.17, 15) is 14.0 Å². The Labute approximate surface area is 156 Å². The van der Waals surface area contributed by atoms with Gasteiger partial charge in [-0.15, -0.1) is 0 Å². The number of rotatable bonds is 6. The molecule has 0 fully saturated rings. The first-order chi connectivity index (χ1) is 12.3. The number of hydrogen-bond acceptors (Lipinski definition) is 4. The summed E-state index contributed by atoms with van der Waals surface area (Å²) in [6.07, 6.45) is -1.06. The smallest absolute Gasteiger partial charge is 0.344 e. The summed E-state index contributed by atoms with van der Waals surface area (Å²) in [7, 11) is 0. The van der Waals surface area contributed by atoms with Crippen LogP contribution in [0.25, 0.3) is 0 Å². The van der Waals surface area contributed by atoms with Crippen LogP contribution in [0.3, 0.4) is 0 Å². The number of aryl methyl sites for hydroxylation is 2. The van der Waals surface area contributed by atoms with Crippen molar-refractivity contribution in [3.63, 3.8) is 0 Å². The number of carbonyl (C=O) groups is 2. The maximum atomic E-state index is 13.0. The molecule has 2 aromatic carbocycles. The number of hydrogen-bond donors (Lipinski definition) is 1. The molecule has 0 aliphatic rings. The molecule has 0 radical (unpaired) electrons. The van der Waals surface area contributed by atoms with Gasteiger partial charge >= 0.3 is 5.97 Å². The molecule has 0 aliphatic carbocycles. The van der Waals surface area contributed by atoms with E-state index in [0.29, 0.717) is 5.75 Å². The Morgan fingerprint density at radius 3 is 2.58 bits per heavy atom. The lowest BCUT2D eigenvalue weighted by atomic mass is 10.1. The van der Waals surface area contributed by atoms with Crippen molar-refractivity contribution in [3.8, 4) is 5.75 Å². The average molecular weight is 380 g/mol. The van der Waals surface area contributed by atoms with Crippen molar-refractivity contribution in [1.29, 1.82) is 0 Å². The third-order valence-corrected chi connectivity index (χ3v) is 3.86. The molecule has 1 N–H and O–H groups in total. The van der Waals surface area contributed by atoms with Crippen LogP contribution in [0.4, 0.5) is 10.1 Å². The highest BCUT2D eigenvalue weighted by atomic mass is 35.5. The average Bonchev–Trinajstić information content (AvgIpc) is 2.56. The largest absolute Gasteiger partial charge is 0.482 e. The number of esters is 1. The highest BCUT2D eigenvalue weighted by molar-refractivity contribution is 6.33. The van der Waals surface area contributed by atoms with Gasteiger partial charge in [-0.1, -0.05) is 29.3 Å². The molecule has 26 heavy (non-hydrogen) atoms. The third kappa shape index (κ3) is 5.46. The van der Waals surface area contributed by atoms with Gasteiger partial charge in [-0.05, 0) is 50.6 Å². The second kappa shape index (κ2) is 8.67. The van der Waals surface area contributed by atoms with Crippen molar-refractivity contribution in [2.24, 2.45) is 0 Å². The predicted octanol–water partition coefficient (Wildman–Crippen LogP) is 4.05. The standard InChI is InChI=1S/C19H19ClFNO4/c1-11-4-7-17(12(2)8-11)25-10-18(23)26-13(3)19(24)22-16-6-5-14(21)9-15(16)20/h4-9,13H,10H2,1-3H3,(H,22,24)/t13-/m1/s1. The van der Waals surface area contributed by atoms with Gasteiger partial charge < -0.3 is 14.8 Å². The maximum absolute atomic E-state index is 13.0. The maximum Gasteiger partial charge on any atom is 0.344 e. The van der Waals surface area contributed by atoms with Crippen LogP contribution in [-0.2, 0) is 14.3 Å². The highest BCUT2D eigenvalue weighted by Gasteiger charge is 2.19. The van der Waals surface area contributed by atoms with Crippen LogP contribution in [0.1, 0.15) is 18.1 Å². The zero-order valence-electron chi connectivity index (χ0n) is 14.6. The van der Waals surface area contributed by atoms with E-state index in [1.165, 1.54) is 13.0 Å². The number of nitrogens with one attached hydrogen (secondary N) is 1. The lowest BCUT2D eigenvalue weighted by Gasteiger charge is -2.15. The number of anilines is 1. The molecule has 2 aromatic rings. The van der Waals surface area contributed by atoms with Crippen molar-refractivity contribution in [1.82, 2.24) is 0 Å². The molecular weight excluding hydrogens is 361 g/mol. The minimum atomic E-state index is -1.06. The second-order valence-corrected chi connectivity index (χ2v) is 6.21. The fraction of sp³-hybridized carbons (Fsp3) is 0.263. The summed E-state index contributed by atoms with van der Waals surface area (Å²) in [5.41, 5.74) is 2.21. The van der Waals surface area contributed by atoms with E-state index < -0.39 is 23.8 Å². The minimum Gasteiger partial charge on any atom is -0.482 e. The number of benzene rings is 2. The van der Waals surface area contributed by atoms with Crippen LogP contribution >= 0.6 is 11.6 Å². The van der Waals surface area contributed by atoms with E-state index in [1.54, 1.807) is 6.07 Å². The molecule has 1 amide bonds. The zero-order valence-corrected chi connectivity index (χ0v) is 15.4. The fourth-order valence-corrected chi connectivity index (χ4v) is 2.42. The summed E-state index contributed by atoms with van der Waals surface area (Å²) in [6.45, 7) is 4.93. The topological polar surface area (TPSA) is 64.6 Å². The summed E-state index contributed by atoms with van der Waals surface area (Å²) >= 11 is 5.84. The molecule has 0 spiro atoms. The van der Waals surface area contributed by atoms with E-state index in [4.69, 9.17) is 21.1 Å². The summed E-state index contributed by atoms with van der Waals surface area (Å²) in [6, 6.07) is 9.14. The molecule has 1 atom stereocenters. The van der Waals surface area contributed by atoms with E-state index in [-0.39, 0.29) is 17.3 Å². The summed E-state index contributed by atoms with van der Waals surface area (Å²) in [4.78, 5) is 23.9. The van der Waals surface area contributed by atoms with Gasteiger partial charge in [0.15, 0.2) is 12.7 Å². The van der Waals surface area contributed by atoms with Gasteiger partial charge in [-0.2, -0.15) is 0 Å². The predicted molar refractivity (Wildman–Crippen MR) is 97.0 cm³/mol. The molecule has 7 heteroatoms. The van der Waals surface area contributed by atoms with Crippen LogP contribution in [0.15, 0.2) is 36.4 Å². The first kappa shape index (κ1) is 19.7. The van der Waals surface area contributed by atoms with Crippen LogP contribution < -0.4 is 10.1 Å². The molecular formula is C19H19ClFNO4. The normalized spacial score (nSPS) is 11.6. The van der Waals surface area contributed by atoms with Crippen molar-refractivity contribution in [3.05, 3.63) is 58.4 Å². The zero-order chi connectivity index (χ0) is 19.3. The lowest BCUT2D eigenvalue weighted by molar-refractivity contribution is -0.155. The van der Waals surface area contributed by atoms with Crippen LogP contribution in [0, 0.1) is 19.7 Å². The Kier molecular flexibility index (Phi) is 6.58. The Morgan fingerprint density at radius 1 is 1.19 bits per heavy atom. The van der Waals surface area contributed by atoms with E-state index in [1.807, 2.05) is 26.0 Å². The van der Waals surface area contributed by atoms with Gasteiger partial charge in [0.25, 0.3) is 5.91 Å². The molecule has 0 unspecified atom stereocenters. The van der Waals surface area contributed by atoms with E-state index >= 15 is 0 Å². The van der Waals surface area contributed by atoms with Crippen molar-refractivity contribution >= 4 is 29.2 Å². The van der Waals surface area contributed by atoms with E-state index in [2.05, 4.69) is 5.32 Å². The highest BCUT2D eigenvalue weighted by Crippen LogP contribution is 2.23. The Bertz CT molecular complexity index is 825. The molecule has 0 bridgehead atoms. The summed E-state index contributed by atoms with van der Waals surface area (Å²) in [5.74, 6) is -1.21. The van der Waals surface area contributed by atoms with Crippen LogP contribution in [-0.4, -0.2) is 24.6 Å². The molecule has 0 saturated carbocycles. The minimum absolute atomic E-state index is 0.0510. The first-order valence-corrected chi connectivity index (χ1v) is 8.29. The second-order valence-electron chi connectivity index (χ2n) is 5.80. The molecule has 0 aromatic heterocycles. The van der Waals surface area contributed by atoms with Crippen molar-refractivity contribution < 1.29 is 23.5 Å². The van der Waals surface area contributed by atoms with Gasteiger partial charge in [-0.3, -0.25) is 4.79 Å². The molecule has 0 heterocycles. The number of carbonyl (C=O) groups excluding carboxylic acids is 2. The lowest BCUT2D eigenvalue weighted by Crippen LogP contribution is -2.31. The number of halogens is 2. The molecule has 5 nitrogen and oxygen atoms in total. The number of amides is 1. The van der Waals surface area contributed by atoms with Gasteiger partial charge in [0.1, 0.15) is 11.6 Å². The monoisotopic (exact) mass is 379 g/mol. The fourth-order valence-electron chi connectivity index (χ4n) is 2.21. The SMILES string of the molecule is Cc1ccc(OCC(=O)O[C@H](C)C(=O)Nc2ccc(F)cc2Cl)c(C)c1. The molecule has 2 rings (SSSR count). The summed E-state index contributed by atoms with van der Waals surface area (Å²) in [5, 5.41) is 2.53. The van der Waals surface area contributed by atoms with Crippen LogP contribution in [0.5, 0.6) is 5.75 Å². The van der Waals surface area contributed by atoms with Gasteiger partial charge in [0.05, 0.1) is 10.7 Å². The van der Waals surface area contributed by atoms with Crippen LogP contribution in [0.2, 0.25) is 5.02 Å². The Hall–Kier alpha value is -2.60. The van der Waals surface area contributed by atoms with Gasteiger partial charge in [0.2, 0.25) is 0 Å². The van der Waals surface area contributed by atoms with Crippen molar-refractivity contribution in [2.75, 3.05) is 11.9 Å². The Balaban J connectivity index is 1.86. The Morgan fingerprint density at radius 2 is 1.92 bits per heavy atom. The first-order valence-electron chi connectivity index (χ1n) is 7.91. The third-order valence-electron chi connectivity index (χ3n) is 3.54. The van der Waals surface area contributed by atoms with Gasteiger partial charge in [-0.25, -0.2) is 9.18 Å². The quantitative estimate of drug-likeness (QED) is 0.769. The molecule has 138 valence electrons. The number of ether oxygens (including phenoxy) is 2. The van der Waals surface area contributed by atoms with Gasteiger partial charge in [0, 0.05) is 0 Å². The van der Waals surface area contributed by atoms with E-state index in [0.717, 1.165) is 23.3 Å². The molecule has 0 aliphatic heterocycles. The molecule has 0 saturated heterocycles. The van der Waals surface area contributed by atoms with Crippen molar-refractivity contribution in [2.45, 2.75) is 26.9 Å².